The van der Waals surface area contributed by atoms with E-state index in [4.69, 9.17) is 14.2 Å². The molecule has 0 aromatic heterocycles. The summed E-state index contributed by atoms with van der Waals surface area (Å²) in [5.74, 6) is 1.63. The maximum Gasteiger partial charge on any atom is 0.341 e. The van der Waals surface area contributed by atoms with Gasteiger partial charge in [-0.1, -0.05) is 6.07 Å². The number of likely N-dealkylation sites (N-methyl/N-ethyl adjacent to an activating group) is 1. The van der Waals surface area contributed by atoms with Crippen molar-refractivity contribution in [1.82, 2.24) is 10.2 Å². The third-order valence-corrected chi connectivity index (χ3v) is 4.31. The van der Waals surface area contributed by atoms with E-state index in [1.54, 1.807) is 19.2 Å². The standard InChI is InChI=1S/C19H29N3O4/c1-20-19(22(2)9-10-26-13-14-5-6-14)21-12-15-7-8-17(24-3)16(11-15)18(23)25-4/h7-8,11,14H,5-6,9-10,12-13H2,1-4H3,(H,20,21). The highest BCUT2D eigenvalue weighted by atomic mass is 16.5. The molecular weight excluding hydrogens is 334 g/mol. The first-order chi connectivity index (χ1) is 12.6. The molecule has 144 valence electrons. The van der Waals surface area contributed by atoms with Crippen LogP contribution in [-0.4, -0.2) is 64.9 Å². The van der Waals surface area contributed by atoms with Gasteiger partial charge < -0.3 is 24.4 Å². The van der Waals surface area contributed by atoms with E-state index in [0.29, 0.717) is 24.5 Å². The van der Waals surface area contributed by atoms with Crippen LogP contribution in [0.1, 0.15) is 28.8 Å². The van der Waals surface area contributed by atoms with Crippen molar-refractivity contribution in [3.63, 3.8) is 0 Å². The smallest absolute Gasteiger partial charge is 0.341 e. The average Bonchev–Trinajstić information content (AvgIpc) is 3.49. The molecule has 0 atom stereocenters. The minimum absolute atomic E-state index is 0.408. The number of carbonyl (C=O) groups excluding carboxylic acids is 1. The van der Waals surface area contributed by atoms with Crippen LogP contribution in [0.5, 0.6) is 5.75 Å². The van der Waals surface area contributed by atoms with E-state index in [0.717, 1.165) is 30.6 Å². The molecule has 0 bridgehead atoms. The number of carbonyl (C=O) groups is 1. The number of ether oxygens (including phenoxy) is 3. The summed E-state index contributed by atoms with van der Waals surface area (Å²) in [4.78, 5) is 18.2. The number of hydrogen-bond acceptors (Lipinski definition) is 5. The Hall–Kier alpha value is -2.28. The van der Waals surface area contributed by atoms with E-state index in [2.05, 4.69) is 10.3 Å². The van der Waals surface area contributed by atoms with Crippen molar-refractivity contribution in [2.45, 2.75) is 19.4 Å². The SMILES string of the molecule is CN=C(NCc1ccc(OC)c(C(=O)OC)c1)N(C)CCOCC1CC1. The number of rotatable bonds is 9. The van der Waals surface area contributed by atoms with E-state index in [1.807, 2.05) is 18.0 Å². The van der Waals surface area contributed by atoms with E-state index in [-0.39, 0.29) is 0 Å². The fourth-order valence-electron chi connectivity index (χ4n) is 2.54. The van der Waals surface area contributed by atoms with Gasteiger partial charge in [-0.3, -0.25) is 4.99 Å². The predicted octanol–water partition coefficient (Wildman–Crippen LogP) is 1.92. The summed E-state index contributed by atoms with van der Waals surface area (Å²) in [5.41, 5.74) is 1.34. The summed E-state index contributed by atoms with van der Waals surface area (Å²) in [6, 6.07) is 5.44. The molecule has 1 fully saturated rings. The van der Waals surface area contributed by atoms with E-state index < -0.39 is 5.97 Å². The van der Waals surface area contributed by atoms with Crippen molar-refractivity contribution in [2.24, 2.45) is 10.9 Å². The highest BCUT2D eigenvalue weighted by Gasteiger charge is 2.21. The molecule has 1 aromatic rings. The molecule has 1 saturated carbocycles. The number of aliphatic imine (C=N–C) groups is 1. The van der Waals surface area contributed by atoms with Crippen LogP contribution in [0.2, 0.25) is 0 Å². The Balaban J connectivity index is 1.87. The number of nitrogens with one attached hydrogen (secondary N) is 1. The Labute approximate surface area is 155 Å². The lowest BCUT2D eigenvalue weighted by molar-refractivity contribution is 0.0597. The van der Waals surface area contributed by atoms with Crippen LogP contribution >= 0.6 is 0 Å². The molecule has 0 heterocycles. The second kappa shape index (κ2) is 10.0. The number of hydrogen-bond donors (Lipinski definition) is 1. The molecule has 0 spiro atoms. The molecule has 0 saturated heterocycles. The van der Waals surface area contributed by atoms with Gasteiger partial charge in [0.2, 0.25) is 0 Å². The molecule has 0 amide bonds. The zero-order valence-electron chi connectivity index (χ0n) is 16.1. The van der Waals surface area contributed by atoms with Crippen molar-refractivity contribution in [3.8, 4) is 5.75 Å². The number of nitrogens with zero attached hydrogens (tertiary/aromatic N) is 2. The van der Waals surface area contributed by atoms with Crippen LogP contribution in [0.3, 0.4) is 0 Å². The zero-order chi connectivity index (χ0) is 18.9. The topological polar surface area (TPSA) is 72.4 Å². The minimum atomic E-state index is -0.419. The van der Waals surface area contributed by atoms with E-state index in [1.165, 1.54) is 27.1 Å². The van der Waals surface area contributed by atoms with Crippen LogP contribution in [0.25, 0.3) is 0 Å². The number of guanidine groups is 1. The predicted molar refractivity (Wildman–Crippen MR) is 101 cm³/mol. The lowest BCUT2D eigenvalue weighted by Crippen LogP contribution is -2.40. The zero-order valence-corrected chi connectivity index (χ0v) is 16.1. The Morgan fingerprint density at radius 1 is 1.35 bits per heavy atom. The van der Waals surface area contributed by atoms with Crippen molar-refractivity contribution in [3.05, 3.63) is 29.3 Å². The van der Waals surface area contributed by atoms with Gasteiger partial charge in [-0.05, 0) is 36.5 Å². The molecule has 7 heteroatoms. The van der Waals surface area contributed by atoms with Crippen LogP contribution in [0.15, 0.2) is 23.2 Å². The van der Waals surface area contributed by atoms with Gasteiger partial charge in [-0.25, -0.2) is 4.79 Å². The molecular formula is C19H29N3O4. The third-order valence-electron chi connectivity index (χ3n) is 4.31. The number of methoxy groups -OCH3 is 2. The number of benzene rings is 1. The van der Waals surface area contributed by atoms with Crippen LogP contribution in [0, 0.1) is 5.92 Å². The lowest BCUT2D eigenvalue weighted by atomic mass is 10.1. The highest BCUT2D eigenvalue weighted by Crippen LogP contribution is 2.28. The molecule has 1 aromatic carbocycles. The van der Waals surface area contributed by atoms with Crippen LogP contribution < -0.4 is 10.1 Å². The summed E-state index contributed by atoms with van der Waals surface area (Å²) in [6.45, 7) is 2.85. The van der Waals surface area contributed by atoms with Gasteiger partial charge in [0.1, 0.15) is 11.3 Å². The summed E-state index contributed by atoms with van der Waals surface area (Å²) in [6.07, 6.45) is 2.60. The van der Waals surface area contributed by atoms with Crippen LogP contribution in [0.4, 0.5) is 0 Å². The molecule has 26 heavy (non-hydrogen) atoms. The minimum Gasteiger partial charge on any atom is -0.496 e. The van der Waals surface area contributed by atoms with Crippen LogP contribution in [-0.2, 0) is 16.0 Å². The average molecular weight is 363 g/mol. The fourth-order valence-corrected chi connectivity index (χ4v) is 2.54. The van der Waals surface area contributed by atoms with Gasteiger partial charge in [0.25, 0.3) is 0 Å². The quantitative estimate of drug-likeness (QED) is 0.313. The summed E-state index contributed by atoms with van der Waals surface area (Å²) >= 11 is 0. The molecule has 0 radical (unpaired) electrons. The molecule has 2 rings (SSSR count). The molecule has 0 aliphatic heterocycles. The van der Waals surface area contributed by atoms with E-state index >= 15 is 0 Å². The normalized spacial score (nSPS) is 14.1. The van der Waals surface area contributed by atoms with Gasteiger partial charge in [-0.2, -0.15) is 0 Å². The second-order valence-corrected chi connectivity index (χ2v) is 6.37. The van der Waals surface area contributed by atoms with Gasteiger partial charge in [0.15, 0.2) is 5.96 Å². The number of esters is 1. The summed E-state index contributed by atoms with van der Waals surface area (Å²) in [7, 11) is 6.61. The third kappa shape index (κ3) is 5.91. The largest absolute Gasteiger partial charge is 0.496 e. The van der Waals surface area contributed by atoms with Gasteiger partial charge in [-0.15, -0.1) is 0 Å². The van der Waals surface area contributed by atoms with Gasteiger partial charge in [0.05, 0.1) is 20.8 Å². The first-order valence-electron chi connectivity index (χ1n) is 8.83. The van der Waals surface area contributed by atoms with Crippen molar-refractivity contribution in [1.29, 1.82) is 0 Å². The Kier molecular flexibility index (Phi) is 7.72. The van der Waals surface area contributed by atoms with Gasteiger partial charge >= 0.3 is 5.97 Å². The monoisotopic (exact) mass is 363 g/mol. The highest BCUT2D eigenvalue weighted by molar-refractivity contribution is 5.92. The summed E-state index contributed by atoms with van der Waals surface area (Å²) < 4.78 is 15.7. The first kappa shape index (κ1) is 20.0. The van der Waals surface area contributed by atoms with Gasteiger partial charge in [0, 0.05) is 33.8 Å². The first-order valence-corrected chi connectivity index (χ1v) is 8.83. The van der Waals surface area contributed by atoms with Crippen molar-refractivity contribution < 1.29 is 19.0 Å². The Morgan fingerprint density at radius 3 is 2.73 bits per heavy atom. The molecule has 1 aliphatic rings. The summed E-state index contributed by atoms with van der Waals surface area (Å²) in [5, 5.41) is 3.30. The molecule has 0 unspecified atom stereocenters. The second-order valence-electron chi connectivity index (χ2n) is 6.37. The molecule has 1 N–H and O–H groups in total. The maximum absolute atomic E-state index is 11.9. The molecule has 7 nitrogen and oxygen atoms in total. The lowest BCUT2D eigenvalue weighted by Gasteiger charge is -2.22. The fraction of sp³-hybridized carbons (Fsp3) is 0.579. The maximum atomic E-state index is 11.9. The van der Waals surface area contributed by atoms with Crippen molar-refractivity contribution >= 4 is 11.9 Å². The van der Waals surface area contributed by atoms with Crippen molar-refractivity contribution in [2.75, 3.05) is 48.1 Å². The Morgan fingerprint density at radius 2 is 2.12 bits per heavy atom. The molecule has 1 aliphatic carbocycles. The Bertz CT molecular complexity index is 629. The van der Waals surface area contributed by atoms with E-state index in [9.17, 15) is 4.79 Å².